The third kappa shape index (κ3) is 2.89. The first-order valence-electron chi connectivity index (χ1n) is 7.71. The second-order valence-electron chi connectivity index (χ2n) is 5.57. The van der Waals surface area contributed by atoms with Gasteiger partial charge in [0.15, 0.2) is 0 Å². The van der Waals surface area contributed by atoms with Crippen LogP contribution in [0.15, 0.2) is 6.20 Å². The van der Waals surface area contributed by atoms with E-state index in [1.807, 2.05) is 6.92 Å². The first-order chi connectivity index (χ1) is 10.2. The number of hydrogen-bond donors (Lipinski definition) is 1. The van der Waals surface area contributed by atoms with Gasteiger partial charge in [0.2, 0.25) is 5.95 Å². The Morgan fingerprint density at radius 3 is 2.76 bits per heavy atom. The number of imidazole rings is 1. The molecule has 1 aliphatic heterocycles. The maximum absolute atomic E-state index is 4.61. The van der Waals surface area contributed by atoms with Gasteiger partial charge in [0.05, 0.1) is 17.1 Å². The van der Waals surface area contributed by atoms with Gasteiger partial charge in [-0.1, -0.05) is 13.8 Å². The average Bonchev–Trinajstić information content (AvgIpc) is 2.86. The quantitative estimate of drug-likeness (QED) is 0.930. The summed E-state index contributed by atoms with van der Waals surface area (Å²) in [5, 5.41) is 11.9. The molecular formula is C15H22N6. The van der Waals surface area contributed by atoms with E-state index in [0.717, 1.165) is 49.3 Å². The van der Waals surface area contributed by atoms with Crippen LogP contribution in [0.3, 0.4) is 0 Å². The molecule has 1 unspecified atom stereocenters. The van der Waals surface area contributed by atoms with E-state index >= 15 is 0 Å². The zero-order chi connectivity index (χ0) is 14.8. The lowest BCUT2D eigenvalue weighted by molar-refractivity contribution is 0.473. The molecule has 2 aromatic rings. The maximum atomic E-state index is 4.61. The van der Waals surface area contributed by atoms with E-state index in [9.17, 15) is 0 Å². The summed E-state index contributed by atoms with van der Waals surface area (Å²) >= 11 is 0. The molecule has 0 fully saturated rings. The summed E-state index contributed by atoms with van der Waals surface area (Å²) in [6, 6.07) is 0.338. The largest absolute Gasteiger partial charge is 0.348 e. The number of rotatable bonds is 4. The molecule has 1 atom stereocenters. The lowest BCUT2D eigenvalue weighted by Crippen LogP contribution is -2.32. The summed E-state index contributed by atoms with van der Waals surface area (Å²) in [5.41, 5.74) is 3.13. The Bertz CT molecular complexity index is 633. The Hall–Kier alpha value is -1.98. The van der Waals surface area contributed by atoms with Crippen LogP contribution in [0.25, 0.3) is 0 Å². The summed E-state index contributed by atoms with van der Waals surface area (Å²) in [6.07, 6.45) is 5.93. The van der Waals surface area contributed by atoms with Crippen LogP contribution in [0, 0.1) is 6.92 Å². The molecular weight excluding hydrogens is 264 g/mol. The van der Waals surface area contributed by atoms with Gasteiger partial charge in [-0.25, -0.2) is 9.97 Å². The van der Waals surface area contributed by atoms with E-state index in [1.54, 1.807) is 0 Å². The van der Waals surface area contributed by atoms with E-state index < -0.39 is 0 Å². The molecule has 112 valence electrons. The number of fused-ring (bicyclic) bond motifs is 1. The molecule has 0 saturated carbocycles. The highest BCUT2D eigenvalue weighted by Crippen LogP contribution is 2.17. The van der Waals surface area contributed by atoms with Crippen molar-refractivity contribution in [1.29, 1.82) is 0 Å². The highest BCUT2D eigenvalue weighted by Gasteiger charge is 2.20. The molecule has 0 aliphatic carbocycles. The van der Waals surface area contributed by atoms with Crippen LogP contribution in [0.4, 0.5) is 5.95 Å². The molecule has 0 bridgehead atoms. The number of aryl methyl sites for hydroxylation is 4. The molecule has 0 aromatic carbocycles. The van der Waals surface area contributed by atoms with E-state index in [4.69, 9.17) is 0 Å². The number of nitrogens with zero attached hydrogens (tertiary/aromatic N) is 5. The standard InChI is InChI=1S/C15H22N6/c1-4-12-13(5-2)19-20-15(18-12)17-11-6-7-14-16-10(3)8-21(14)9-11/h8,11H,4-7,9H2,1-3H3,(H,17,18,20). The van der Waals surface area contributed by atoms with Gasteiger partial charge in [-0.15, -0.1) is 5.10 Å². The van der Waals surface area contributed by atoms with Crippen LogP contribution >= 0.6 is 0 Å². The first kappa shape index (κ1) is 14.0. The molecule has 0 spiro atoms. The minimum atomic E-state index is 0.338. The average molecular weight is 286 g/mol. The Kier molecular flexibility index (Phi) is 3.86. The molecule has 0 saturated heterocycles. The van der Waals surface area contributed by atoms with Gasteiger partial charge in [-0.3, -0.25) is 0 Å². The molecule has 6 heteroatoms. The molecule has 2 aromatic heterocycles. The third-order valence-corrected chi connectivity index (χ3v) is 3.96. The SMILES string of the molecule is CCc1nnc(NC2CCc3nc(C)cn3C2)nc1CC. The van der Waals surface area contributed by atoms with Crippen LogP contribution in [0.5, 0.6) is 0 Å². The van der Waals surface area contributed by atoms with Crippen molar-refractivity contribution in [3.05, 3.63) is 29.1 Å². The zero-order valence-electron chi connectivity index (χ0n) is 12.9. The predicted octanol–water partition coefficient (Wildman–Crippen LogP) is 1.93. The second kappa shape index (κ2) is 5.79. The number of aromatic nitrogens is 5. The van der Waals surface area contributed by atoms with Gasteiger partial charge in [0, 0.05) is 25.2 Å². The Labute approximate surface area is 125 Å². The third-order valence-electron chi connectivity index (χ3n) is 3.96. The fourth-order valence-electron chi connectivity index (χ4n) is 2.89. The molecule has 21 heavy (non-hydrogen) atoms. The Balaban J connectivity index is 1.73. The number of anilines is 1. The summed E-state index contributed by atoms with van der Waals surface area (Å²) in [7, 11) is 0. The first-order valence-corrected chi connectivity index (χ1v) is 7.71. The van der Waals surface area contributed by atoms with E-state index in [0.29, 0.717) is 12.0 Å². The normalized spacial score (nSPS) is 17.6. The minimum absolute atomic E-state index is 0.338. The molecule has 0 radical (unpaired) electrons. The van der Waals surface area contributed by atoms with Crippen LogP contribution in [0.1, 0.15) is 43.2 Å². The summed E-state index contributed by atoms with van der Waals surface area (Å²) in [6.45, 7) is 7.14. The van der Waals surface area contributed by atoms with Crippen molar-refractivity contribution in [2.75, 3.05) is 5.32 Å². The van der Waals surface area contributed by atoms with Crippen LogP contribution in [0.2, 0.25) is 0 Å². The maximum Gasteiger partial charge on any atom is 0.243 e. The molecule has 3 rings (SSSR count). The lowest BCUT2D eigenvalue weighted by Gasteiger charge is -2.24. The van der Waals surface area contributed by atoms with E-state index in [1.165, 1.54) is 5.82 Å². The van der Waals surface area contributed by atoms with Crippen molar-refractivity contribution >= 4 is 5.95 Å². The van der Waals surface area contributed by atoms with Gasteiger partial charge in [-0.05, 0) is 26.2 Å². The predicted molar refractivity (Wildman–Crippen MR) is 81.3 cm³/mol. The molecule has 0 amide bonds. The van der Waals surface area contributed by atoms with Gasteiger partial charge in [0.1, 0.15) is 5.82 Å². The van der Waals surface area contributed by atoms with Crippen LogP contribution < -0.4 is 5.32 Å². The van der Waals surface area contributed by atoms with Gasteiger partial charge >= 0.3 is 0 Å². The van der Waals surface area contributed by atoms with Crippen molar-refractivity contribution in [1.82, 2.24) is 24.7 Å². The molecule has 1 N–H and O–H groups in total. The van der Waals surface area contributed by atoms with Gasteiger partial charge in [-0.2, -0.15) is 5.10 Å². The molecule has 1 aliphatic rings. The highest BCUT2D eigenvalue weighted by atomic mass is 15.3. The highest BCUT2D eigenvalue weighted by molar-refractivity contribution is 5.28. The Morgan fingerprint density at radius 2 is 2.00 bits per heavy atom. The monoisotopic (exact) mass is 286 g/mol. The molecule has 6 nitrogen and oxygen atoms in total. The summed E-state index contributed by atoms with van der Waals surface area (Å²) in [5.74, 6) is 1.83. The number of nitrogens with one attached hydrogen (secondary N) is 1. The van der Waals surface area contributed by atoms with Crippen molar-refractivity contribution in [2.24, 2.45) is 0 Å². The van der Waals surface area contributed by atoms with Gasteiger partial charge in [0.25, 0.3) is 0 Å². The van der Waals surface area contributed by atoms with Crippen molar-refractivity contribution < 1.29 is 0 Å². The Morgan fingerprint density at radius 1 is 1.19 bits per heavy atom. The molecule has 3 heterocycles. The minimum Gasteiger partial charge on any atom is -0.348 e. The zero-order valence-corrected chi connectivity index (χ0v) is 12.9. The van der Waals surface area contributed by atoms with Crippen molar-refractivity contribution in [3.8, 4) is 0 Å². The van der Waals surface area contributed by atoms with Gasteiger partial charge < -0.3 is 9.88 Å². The second-order valence-corrected chi connectivity index (χ2v) is 5.57. The topological polar surface area (TPSA) is 68.5 Å². The number of hydrogen-bond acceptors (Lipinski definition) is 5. The summed E-state index contributed by atoms with van der Waals surface area (Å²) in [4.78, 5) is 9.14. The lowest BCUT2D eigenvalue weighted by atomic mass is 10.1. The van der Waals surface area contributed by atoms with Crippen LogP contribution in [-0.2, 0) is 25.8 Å². The van der Waals surface area contributed by atoms with Crippen molar-refractivity contribution in [2.45, 2.75) is 59.0 Å². The van der Waals surface area contributed by atoms with E-state index in [2.05, 4.69) is 50.1 Å². The summed E-state index contributed by atoms with van der Waals surface area (Å²) < 4.78 is 2.23. The van der Waals surface area contributed by atoms with Crippen LogP contribution in [-0.4, -0.2) is 30.8 Å². The smallest absolute Gasteiger partial charge is 0.243 e. The van der Waals surface area contributed by atoms with Crippen molar-refractivity contribution in [3.63, 3.8) is 0 Å². The van der Waals surface area contributed by atoms with E-state index in [-0.39, 0.29) is 0 Å². The fourth-order valence-corrected chi connectivity index (χ4v) is 2.89. The fraction of sp³-hybridized carbons (Fsp3) is 0.600.